The second kappa shape index (κ2) is 5.53. The van der Waals surface area contributed by atoms with E-state index < -0.39 is 0 Å². The minimum Gasteiger partial charge on any atom is -0.342 e. The molecule has 0 bridgehead atoms. The third kappa shape index (κ3) is 3.37. The van der Waals surface area contributed by atoms with Crippen LogP contribution < -0.4 is 11.3 Å². The summed E-state index contributed by atoms with van der Waals surface area (Å²) >= 11 is 0. The Hall–Kier alpha value is -0.770. The van der Waals surface area contributed by atoms with Crippen LogP contribution >= 0.6 is 0 Å². The van der Waals surface area contributed by atoms with Gasteiger partial charge in [0.2, 0.25) is 5.96 Å². The molecule has 3 N–H and O–H groups in total. The maximum atomic E-state index is 5.46. The van der Waals surface area contributed by atoms with E-state index in [4.69, 9.17) is 5.84 Å². The lowest BCUT2D eigenvalue weighted by Gasteiger charge is -2.30. The van der Waals surface area contributed by atoms with Gasteiger partial charge in [-0.15, -0.1) is 0 Å². The number of nitrogens with zero attached hydrogens (tertiary/aromatic N) is 2. The Morgan fingerprint density at radius 1 is 1.31 bits per heavy atom. The average Bonchev–Trinajstić information content (AvgIpc) is 2.45. The van der Waals surface area contributed by atoms with Crippen molar-refractivity contribution in [1.29, 1.82) is 0 Å². The van der Waals surface area contributed by atoms with Crippen LogP contribution in [0.1, 0.15) is 40.0 Å². The number of hydrogen-bond acceptors (Lipinski definition) is 2. The Bertz CT molecular complexity index is 242. The largest absolute Gasteiger partial charge is 0.342 e. The van der Waals surface area contributed by atoms with Gasteiger partial charge in [-0.1, -0.05) is 20.8 Å². The molecule has 0 aromatic carbocycles. The predicted octanol–water partition coefficient (Wildman–Crippen LogP) is 1.58. The van der Waals surface area contributed by atoms with Crippen LogP contribution in [0.5, 0.6) is 0 Å². The van der Waals surface area contributed by atoms with Gasteiger partial charge in [-0.3, -0.25) is 10.4 Å². The quantitative estimate of drug-likeness (QED) is 0.285. The van der Waals surface area contributed by atoms with Crippen LogP contribution in [0.2, 0.25) is 0 Å². The number of rotatable bonds is 0. The van der Waals surface area contributed by atoms with Gasteiger partial charge in [-0.05, 0) is 30.6 Å². The maximum Gasteiger partial charge on any atom is 0.208 e. The molecule has 1 aliphatic heterocycles. The highest BCUT2D eigenvalue weighted by molar-refractivity contribution is 5.79. The van der Waals surface area contributed by atoms with Crippen LogP contribution in [0.15, 0.2) is 4.99 Å². The Balaban J connectivity index is 2.59. The summed E-state index contributed by atoms with van der Waals surface area (Å²) in [4.78, 5) is 6.42. The predicted molar refractivity (Wildman–Crippen MR) is 69.1 cm³/mol. The molecule has 0 aromatic rings. The van der Waals surface area contributed by atoms with Gasteiger partial charge >= 0.3 is 0 Å². The molecule has 1 heterocycles. The van der Waals surface area contributed by atoms with Crippen molar-refractivity contribution in [2.45, 2.75) is 40.0 Å². The molecule has 0 aromatic heterocycles. The summed E-state index contributed by atoms with van der Waals surface area (Å²) in [6.07, 6.45) is 3.76. The van der Waals surface area contributed by atoms with Gasteiger partial charge in [0, 0.05) is 20.1 Å². The molecule has 0 amide bonds. The van der Waals surface area contributed by atoms with E-state index in [9.17, 15) is 0 Å². The Kier molecular flexibility index (Phi) is 4.59. The first kappa shape index (κ1) is 13.3. The number of nitrogens with one attached hydrogen (secondary N) is 1. The van der Waals surface area contributed by atoms with Crippen molar-refractivity contribution in [1.82, 2.24) is 10.3 Å². The van der Waals surface area contributed by atoms with Crippen molar-refractivity contribution in [3.63, 3.8) is 0 Å². The smallest absolute Gasteiger partial charge is 0.208 e. The molecular weight excluding hydrogens is 200 g/mol. The highest BCUT2D eigenvalue weighted by Crippen LogP contribution is 2.34. The molecule has 1 atom stereocenters. The number of nitrogens with two attached hydrogens (primary N) is 1. The minimum atomic E-state index is 0.412. The fraction of sp³-hybridized carbons (Fsp3) is 0.917. The van der Waals surface area contributed by atoms with Crippen LogP contribution in [0.25, 0.3) is 0 Å². The van der Waals surface area contributed by atoms with E-state index >= 15 is 0 Å². The van der Waals surface area contributed by atoms with Gasteiger partial charge in [0.1, 0.15) is 0 Å². The first-order valence-corrected chi connectivity index (χ1v) is 6.17. The van der Waals surface area contributed by atoms with Crippen LogP contribution in [0, 0.1) is 11.3 Å². The molecule has 4 nitrogen and oxygen atoms in total. The molecule has 0 spiro atoms. The van der Waals surface area contributed by atoms with E-state index in [0.717, 1.165) is 25.0 Å². The highest BCUT2D eigenvalue weighted by atomic mass is 15.4. The highest BCUT2D eigenvalue weighted by Gasteiger charge is 2.27. The van der Waals surface area contributed by atoms with Crippen molar-refractivity contribution in [3.05, 3.63) is 0 Å². The van der Waals surface area contributed by atoms with Crippen LogP contribution in [0.4, 0.5) is 0 Å². The zero-order valence-electron chi connectivity index (χ0n) is 11.1. The molecule has 1 rings (SSSR count). The molecule has 0 saturated carbocycles. The van der Waals surface area contributed by atoms with Crippen LogP contribution in [-0.4, -0.2) is 31.0 Å². The zero-order valence-corrected chi connectivity index (χ0v) is 11.1. The number of hydrogen-bond donors (Lipinski definition) is 2. The summed E-state index contributed by atoms with van der Waals surface area (Å²) in [6, 6.07) is 0. The lowest BCUT2D eigenvalue weighted by atomic mass is 9.77. The fourth-order valence-corrected chi connectivity index (χ4v) is 2.47. The third-order valence-electron chi connectivity index (χ3n) is 3.59. The molecule has 0 aliphatic carbocycles. The Morgan fingerprint density at radius 3 is 2.50 bits per heavy atom. The van der Waals surface area contributed by atoms with Crippen LogP contribution in [-0.2, 0) is 0 Å². The normalized spacial score (nSPS) is 24.2. The van der Waals surface area contributed by atoms with E-state index in [1.54, 1.807) is 7.05 Å². The van der Waals surface area contributed by atoms with Crippen molar-refractivity contribution < 1.29 is 0 Å². The summed E-state index contributed by atoms with van der Waals surface area (Å²) in [5.41, 5.74) is 3.09. The second-order valence-electron chi connectivity index (χ2n) is 5.67. The molecule has 1 aliphatic rings. The minimum absolute atomic E-state index is 0.412. The number of likely N-dealkylation sites (tertiary alicyclic amines) is 1. The summed E-state index contributed by atoms with van der Waals surface area (Å²) in [5, 5.41) is 0. The molecule has 16 heavy (non-hydrogen) atoms. The SMILES string of the molecule is CN=C(NN)N1CCCC(C(C)(C)C)CC1. The van der Waals surface area contributed by atoms with Gasteiger partial charge in [-0.25, -0.2) is 5.84 Å². The monoisotopic (exact) mass is 226 g/mol. The van der Waals surface area contributed by atoms with E-state index in [1.807, 2.05) is 0 Å². The van der Waals surface area contributed by atoms with Crippen molar-refractivity contribution in [3.8, 4) is 0 Å². The third-order valence-corrected chi connectivity index (χ3v) is 3.59. The molecule has 4 heteroatoms. The van der Waals surface area contributed by atoms with Gasteiger partial charge in [0.25, 0.3) is 0 Å². The van der Waals surface area contributed by atoms with Gasteiger partial charge in [0.05, 0.1) is 0 Å². The van der Waals surface area contributed by atoms with E-state index in [0.29, 0.717) is 5.41 Å². The van der Waals surface area contributed by atoms with Crippen LogP contribution in [0.3, 0.4) is 0 Å². The second-order valence-corrected chi connectivity index (χ2v) is 5.67. The summed E-state index contributed by atoms with van der Waals surface area (Å²) in [6.45, 7) is 9.12. The molecule has 1 saturated heterocycles. The van der Waals surface area contributed by atoms with Crippen molar-refractivity contribution in [2.24, 2.45) is 22.2 Å². The van der Waals surface area contributed by atoms with Gasteiger partial charge < -0.3 is 4.90 Å². The summed E-state index contributed by atoms with van der Waals surface area (Å²) in [7, 11) is 1.78. The molecular formula is C12H26N4. The first-order chi connectivity index (χ1) is 7.49. The zero-order chi connectivity index (χ0) is 12.2. The molecule has 0 radical (unpaired) electrons. The molecule has 1 unspecified atom stereocenters. The Labute approximate surface area is 99.3 Å². The topological polar surface area (TPSA) is 53.6 Å². The lowest BCUT2D eigenvalue weighted by Crippen LogP contribution is -2.45. The number of aliphatic imine (C=N–C) groups is 1. The summed E-state index contributed by atoms with van der Waals surface area (Å²) in [5.74, 6) is 7.08. The number of hydrazine groups is 1. The molecule has 94 valence electrons. The first-order valence-electron chi connectivity index (χ1n) is 6.17. The van der Waals surface area contributed by atoms with Gasteiger partial charge in [-0.2, -0.15) is 0 Å². The standard InChI is InChI=1S/C12H26N4/c1-12(2,3)10-6-5-8-16(9-7-10)11(14-4)15-13/h10H,5-9,13H2,1-4H3,(H,14,15). The Morgan fingerprint density at radius 2 is 2.00 bits per heavy atom. The van der Waals surface area contributed by atoms with E-state index in [2.05, 4.69) is 36.1 Å². The summed E-state index contributed by atoms with van der Waals surface area (Å²) < 4.78 is 0. The van der Waals surface area contributed by atoms with E-state index in [1.165, 1.54) is 19.3 Å². The average molecular weight is 226 g/mol. The lowest BCUT2D eigenvalue weighted by molar-refractivity contribution is 0.216. The van der Waals surface area contributed by atoms with Crippen molar-refractivity contribution >= 4 is 5.96 Å². The van der Waals surface area contributed by atoms with E-state index in [-0.39, 0.29) is 0 Å². The maximum absolute atomic E-state index is 5.46. The number of guanidine groups is 1. The molecule has 1 fully saturated rings. The van der Waals surface area contributed by atoms with Crippen molar-refractivity contribution in [2.75, 3.05) is 20.1 Å². The van der Waals surface area contributed by atoms with Gasteiger partial charge in [0.15, 0.2) is 0 Å². The fourth-order valence-electron chi connectivity index (χ4n) is 2.47.